The zero-order valence-electron chi connectivity index (χ0n) is 21.2. The molecule has 2 aromatic rings. The number of anilines is 1. The molecule has 36 heavy (non-hydrogen) atoms. The van der Waals surface area contributed by atoms with Crippen molar-refractivity contribution in [1.82, 2.24) is 14.5 Å². The highest BCUT2D eigenvalue weighted by molar-refractivity contribution is 7.90. The monoisotopic (exact) mass is 524 g/mol. The summed E-state index contributed by atoms with van der Waals surface area (Å²) >= 11 is 0. The number of amides is 2. The third kappa shape index (κ3) is 7.47. The van der Waals surface area contributed by atoms with Crippen LogP contribution in [-0.2, 0) is 26.3 Å². The van der Waals surface area contributed by atoms with Crippen molar-refractivity contribution >= 4 is 27.7 Å². The van der Waals surface area contributed by atoms with Crippen LogP contribution in [0.2, 0.25) is 0 Å². The second kappa shape index (κ2) is 12.8. The summed E-state index contributed by atoms with van der Waals surface area (Å²) in [5.74, 6) is -2.01. The van der Waals surface area contributed by atoms with Crippen LogP contribution in [0.1, 0.15) is 39.2 Å². The summed E-state index contributed by atoms with van der Waals surface area (Å²) in [6.07, 6.45) is 0.958. The summed E-state index contributed by atoms with van der Waals surface area (Å²) in [6, 6.07) is 9.21. The molecule has 0 saturated heterocycles. The van der Waals surface area contributed by atoms with Crippen molar-refractivity contribution in [1.29, 1.82) is 0 Å². The van der Waals surface area contributed by atoms with Crippen LogP contribution in [0.25, 0.3) is 0 Å². The number of nitrogens with zero attached hydrogens (tertiary/aromatic N) is 3. The summed E-state index contributed by atoms with van der Waals surface area (Å²) in [4.78, 5) is 28.1. The third-order valence-electron chi connectivity index (χ3n) is 5.79. The van der Waals surface area contributed by atoms with E-state index >= 15 is 0 Å². The first-order valence-corrected chi connectivity index (χ1v) is 13.1. The summed E-state index contributed by atoms with van der Waals surface area (Å²) in [5.41, 5.74) is 0.667. The van der Waals surface area contributed by atoms with Gasteiger partial charge < -0.3 is 10.2 Å². The molecule has 0 aliphatic carbocycles. The Hall–Kier alpha value is -3.05. The summed E-state index contributed by atoms with van der Waals surface area (Å²) in [7, 11) is -1.50. The van der Waals surface area contributed by atoms with E-state index in [0.29, 0.717) is 12.0 Å². The van der Waals surface area contributed by atoms with Crippen LogP contribution >= 0.6 is 0 Å². The van der Waals surface area contributed by atoms with E-state index in [-0.39, 0.29) is 30.6 Å². The maximum absolute atomic E-state index is 13.7. The zero-order valence-corrected chi connectivity index (χ0v) is 22.1. The molecule has 0 aliphatic rings. The van der Waals surface area contributed by atoms with E-state index < -0.39 is 40.3 Å². The first-order chi connectivity index (χ1) is 16.9. The van der Waals surface area contributed by atoms with Gasteiger partial charge in [-0.3, -0.25) is 9.59 Å². The van der Waals surface area contributed by atoms with Gasteiger partial charge in [-0.25, -0.2) is 13.1 Å². The maximum Gasteiger partial charge on any atom is 0.304 e. The van der Waals surface area contributed by atoms with E-state index in [0.717, 1.165) is 20.7 Å². The normalized spacial score (nSPS) is 13.2. The second-order valence-electron chi connectivity index (χ2n) is 8.66. The van der Waals surface area contributed by atoms with Crippen molar-refractivity contribution in [3.05, 3.63) is 65.7 Å². The van der Waals surface area contributed by atoms with E-state index in [4.69, 9.17) is 0 Å². The van der Waals surface area contributed by atoms with Gasteiger partial charge in [-0.2, -0.15) is 12.7 Å². The Morgan fingerprint density at radius 2 is 1.44 bits per heavy atom. The minimum absolute atomic E-state index is 0.0369. The largest absolute Gasteiger partial charge is 0.352 e. The number of benzene rings is 2. The first kappa shape index (κ1) is 29.2. The highest BCUT2D eigenvalue weighted by Gasteiger charge is 2.34. The Morgan fingerprint density at radius 3 is 1.92 bits per heavy atom. The minimum Gasteiger partial charge on any atom is -0.352 e. The fourth-order valence-electron chi connectivity index (χ4n) is 3.47. The summed E-state index contributed by atoms with van der Waals surface area (Å²) < 4.78 is 55.0. The Bertz CT molecular complexity index is 1130. The molecule has 0 heterocycles. The van der Waals surface area contributed by atoms with E-state index in [2.05, 4.69) is 5.32 Å². The van der Waals surface area contributed by atoms with Crippen molar-refractivity contribution in [2.45, 2.75) is 52.2 Å². The van der Waals surface area contributed by atoms with E-state index in [1.165, 1.54) is 55.4 Å². The minimum atomic E-state index is -4.14. The molecule has 2 atom stereocenters. The van der Waals surface area contributed by atoms with Crippen LogP contribution in [0.5, 0.6) is 0 Å². The van der Waals surface area contributed by atoms with Gasteiger partial charge in [0.25, 0.3) is 0 Å². The lowest BCUT2D eigenvalue weighted by Crippen LogP contribution is -2.54. The topological polar surface area (TPSA) is 90.0 Å². The molecule has 2 aromatic carbocycles. The van der Waals surface area contributed by atoms with Crippen molar-refractivity contribution in [2.24, 2.45) is 0 Å². The predicted octanol–water partition coefficient (Wildman–Crippen LogP) is 3.30. The molecule has 0 radical (unpaired) electrons. The lowest BCUT2D eigenvalue weighted by molar-refractivity contribution is -0.140. The maximum atomic E-state index is 13.7. The molecule has 1 N–H and O–H groups in total. The molecular weight excluding hydrogens is 490 g/mol. The van der Waals surface area contributed by atoms with Gasteiger partial charge in [-0.1, -0.05) is 26.0 Å². The van der Waals surface area contributed by atoms with Crippen LogP contribution in [0.3, 0.4) is 0 Å². The van der Waals surface area contributed by atoms with Crippen molar-refractivity contribution in [3.63, 3.8) is 0 Å². The van der Waals surface area contributed by atoms with Gasteiger partial charge in [-0.05, 0) is 61.7 Å². The molecule has 0 aliphatic heterocycles. The molecule has 0 spiro atoms. The Morgan fingerprint density at radius 1 is 0.917 bits per heavy atom. The molecule has 0 aromatic heterocycles. The van der Waals surface area contributed by atoms with Gasteiger partial charge in [0.2, 0.25) is 11.8 Å². The number of rotatable bonds is 12. The number of hydrogen-bond donors (Lipinski definition) is 1. The van der Waals surface area contributed by atoms with Crippen molar-refractivity contribution < 1.29 is 26.8 Å². The van der Waals surface area contributed by atoms with Gasteiger partial charge >= 0.3 is 10.2 Å². The van der Waals surface area contributed by atoms with Crippen LogP contribution in [-0.4, -0.2) is 62.2 Å². The quantitative estimate of drug-likeness (QED) is 0.461. The predicted molar refractivity (Wildman–Crippen MR) is 135 cm³/mol. The second-order valence-corrected chi connectivity index (χ2v) is 10.7. The van der Waals surface area contributed by atoms with Crippen LogP contribution in [0.4, 0.5) is 14.5 Å². The number of nitrogens with one attached hydrogen (secondary N) is 1. The summed E-state index contributed by atoms with van der Waals surface area (Å²) in [5, 5.41) is 2.88. The van der Waals surface area contributed by atoms with Crippen molar-refractivity contribution in [2.75, 3.05) is 24.9 Å². The molecule has 2 amide bonds. The number of halogens is 2. The SMILES string of the molecule is CC[C@@H](C)NC(=O)[C@@H](CC)N(Cc1ccc(F)cc1)C(=O)CN(c1ccc(F)cc1)S(=O)(=O)N(C)C. The Kier molecular flexibility index (Phi) is 10.4. The van der Waals surface area contributed by atoms with Gasteiger partial charge in [-0.15, -0.1) is 0 Å². The molecular formula is C25H34F2N4O4S. The average molecular weight is 525 g/mol. The summed E-state index contributed by atoms with van der Waals surface area (Å²) in [6.45, 7) is 4.85. The fraction of sp³-hybridized carbons (Fsp3) is 0.440. The van der Waals surface area contributed by atoms with Gasteiger partial charge in [0, 0.05) is 26.7 Å². The van der Waals surface area contributed by atoms with Gasteiger partial charge in [0.05, 0.1) is 5.69 Å². The van der Waals surface area contributed by atoms with Gasteiger partial charge in [0.15, 0.2) is 0 Å². The number of carbonyl (C=O) groups is 2. The van der Waals surface area contributed by atoms with E-state index in [1.54, 1.807) is 6.92 Å². The van der Waals surface area contributed by atoms with Gasteiger partial charge in [0.1, 0.15) is 24.2 Å². The number of hydrogen-bond acceptors (Lipinski definition) is 4. The zero-order chi connectivity index (χ0) is 27.0. The van der Waals surface area contributed by atoms with E-state index in [1.807, 2.05) is 13.8 Å². The molecule has 8 nitrogen and oxygen atoms in total. The molecule has 0 saturated carbocycles. The molecule has 2 rings (SSSR count). The average Bonchev–Trinajstić information content (AvgIpc) is 2.83. The Balaban J connectivity index is 2.48. The third-order valence-corrected chi connectivity index (χ3v) is 7.61. The highest BCUT2D eigenvalue weighted by atomic mass is 32.2. The lowest BCUT2D eigenvalue weighted by atomic mass is 10.1. The molecule has 0 unspecified atom stereocenters. The standard InChI is InChI=1S/C25H34F2N4O4S/c1-6-18(3)28-25(33)23(7-2)30(16-19-8-10-20(26)11-9-19)24(32)17-31(36(34,35)29(4)5)22-14-12-21(27)13-15-22/h8-15,18,23H,6-7,16-17H2,1-5H3,(H,28,33)/t18-,23-/m1/s1. The Labute approximate surface area is 212 Å². The molecule has 11 heteroatoms. The van der Waals surface area contributed by atoms with Crippen molar-refractivity contribution in [3.8, 4) is 0 Å². The molecule has 0 fully saturated rings. The molecule has 198 valence electrons. The number of carbonyl (C=O) groups excluding carboxylic acids is 2. The first-order valence-electron chi connectivity index (χ1n) is 11.7. The fourth-order valence-corrected chi connectivity index (χ4v) is 4.53. The lowest BCUT2D eigenvalue weighted by Gasteiger charge is -2.34. The van der Waals surface area contributed by atoms with Crippen LogP contribution in [0, 0.1) is 11.6 Å². The van der Waals surface area contributed by atoms with Crippen LogP contribution < -0.4 is 9.62 Å². The van der Waals surface area contributed by atoms with Crippen LogP contribution in [0.15, 0.2) is 48.5 Å². The van der Waals surface area contributed by atoms with E-state index in [9.17, 15) is 26.8 Å². The molecule has 0 bridgehead atoms. The smallest absolute Gasteiger partial charge is 0.304 e. The highest BCUT2D eigenvalue weighted by Crippen LogP contribution is 2.22.